The van der Waals surface area contributed by atoms with Gasteiger partial charge in [-0.05, 0) is 39.4 Å². The molecule has 0 aliphatic carbocycles. The number of nitrogens with one attached hydrogen (secondary N) is 1. The van der Waals surface area contributed by atoms with Crippen molar-refractivity contribution < 1.29 is 14.6 Å². The number of ether oxygens (including phenoxy) is 1. The second-order valence-electron chi connectivity index (χ2n) is 8.21. The molecule has 3 aliphatic heterocycles. The smallest absolute Gasteiger partial charge is 0.407 e. The van der Waals surface area contributed by atoms with E-state index >= 15 is 0 Å². The Kier molecular flexibility index (Phi) is 6.20. The summed E-state index contributed by atoms with van der Waals surface area (Å²) in [6.07, 6.45) is 2.29. The Labute approximate surface area is 176 Å². The normalized spacial score (nSPS) is 24.4. The van der Waals surface area contributed by atoms with Crippen molar-refractivity contribution in [1.29, 1.82) is 5.26 Å². The van der Waals surface area contributed by atoms with Gasteiger partial charge in [-0.2, -0.15) is 15.2 Å². The van der Waals surface area contributed by atoms with E-state index < -0.39 is 6.09 Å². The number of amides is 1. The number of carboxylic acid groups (broad SMARTS) is 1. The van der Waals surface area contributed by atoms with Gasteiger partial charge >= 0.3 is 12.1 Å². The number of aromatic nitrogens is 2. The third-order valence-corrected chi connectivity index (χ3v) is 6.33. The minimum atomic E-state index is -0.978. The first-order valence-electron chi connectivity index (χ1n) is 10.6. The van der Waals surface area contributed by atoms with Crippen molar-refractivity contribution in [2.45, 2.75) is 44.3 Å². The fraction of sp³-hybridized carbons (Fsp3) is 0.700. The van der Waals surface area contributed by atoms with Crippen molar-refractivity contribution in [3.8, 4) is 12.1 Å². The van der Waals surface area contributed by atoms with Crippen molar-refractivity contribution in [1.82, 2.24) is 25.1 Å². The molecule has 0 unspecified atom stereocenters. The lowest BCUT2D eigenvalue weighted by Crippen LogP contribution is -2.55. The summed E-state index contributed by atoms with van der Waals surface area (Å²) in [6, 6.07) is 2.51. The molecule has 0 bridgehead atoms. The maximum Gasteiger partial charge on any atom is 0.407 e. The van der Waals surface area contributed by atoms with Gasteiger partial charge in [0.25, 0.3) is 0 Å². The van der Waals surface area contributed by atoms with Crippen LogP contribution >= 0.6 is 0 Å². The number of carbonyl (C=O) groups is 1. The first-order chi connectivity index (χ1) is 14.6. The van der Waals surface area contributed by atoms with E-state index in [1.165, 1.54) is 11.3 Å². The van der Waals surface area contributed by atoms with E-state index in [1.807, 2.05) is 0 Å². The predicted molar refractivity (Wildman–Crippen MR) is 110 cm³/mol. The fourth-order valence-corrected chi connectivity index (χ4v) is 4.58. The van der Waals surface area contributed by atoms with Gasteiger partial charge in [0.2, 0.25) is 0 Å². The van der Waals surface area contributed by atoms with Crippen LogP contribution in [0.4, 0.5) is 10.6 Å². The van der Waals surface area contributed by atoms with Gasteiger partial charge in [-0.25, -0.2) is 4.79 Å². The van der Waals surface area contributed by atoms with Gasteiger partial charge in [-0.1, -0.05) is 0 Å². The summed E-state index contributed by atoms with van der Waals surface area (Å²) in [5.74, 6) is 0.823. The summed E-state index contributed by atoms with van der Waals surface area (Å²) in [7, 11) is 2.11. The second-order valence-corrected chi connectivity index (χ2v) is 8.21. The number of nitriles is 1. The molecule has 0 spiro atoms. The molecule has 2 fully saturated rings. The van der Waals surface area contributed by atoms with E-state index in [2.05, 4.69) is 33.2 Å². The van der Waals surface area contributed by atoms with Crippen LogP contribution in [0, 0.1) is 11.3 Å². The van der Waals surface area contributed by atoms with Crippen LogP contribution in [0.3, 0.4) is 0 Å². The quantitative estimate of drug-likeness (QED) is 0.715. The predicted octanol–water partition coefficient (Wildman–Crippen LogP) is 0.678. The van der Waals surface area contributed by atoms with Crippen LogP contribution in [0.5, 0.6) is 6.01 Å². The summed E-state index contributed by atoms with van der Waals surface area (Å²) < 4.78 is 6.02. The lowest BCUT2D eigenvalue weighted by Gasteiger charge is -2.40. The van der Waals surface area contributed by atoms with E-state index in [0.717, 1.165) is 43.0 Å². The van der Waals surface area contributed by atoms with E-state index in [4.69, 9.17) is 15.0 Å². The molecular weight excluding hydrogens is 386 g/mol. The molecule has 1 aromatic rings. The molecule has 0 radical (unpaired) electrons. The number of hydrogen-bond acceptors (Lipinski definition) is 8. The Morgan fingerprint density at radius 3 is 2.93 bits per heavy atom. The van der Waals surface area contributed by atoms with Crippen molar-refractivity contribution in [2.75, 3.05) is 51.3 Å². The van der Waals surface area contributed by atoms with Crippen LogP contribution in [-0.2, 0) is 13.0 Å². The van der Waals surface area contributed by atoms with Crippen molar-refractivity contribution >= 4 is 11.9 Å². The average Bonchev–Trinajstić information content (AvgIpc) is 3.16. The standard InChI is InChI=1S/C20H29N7O3/c1-25-8-2-3-15(25)13-30-19-23-17-11-22-7-5-16(17)18(24-19)26-9-10-27(20(28)29)14(12-26)4-6-21/h14-15,22H,2-5,7-13H2,1H3,(H,28,29)/t14-,15+/m1/s1. The van der Waals surface area contributed by atoms with Gasteiger partial charge in [-0.3, -0.25) is 0 Å². The van der Waals surface area contributed by atoms with Gasteiger partial charge in [0, 0.05) is 37.8 Å². The number of likely N-dealkylation sites (N-methyl/N-ethyl adjacent to an activating group) is 1. The third-order valence-electron chi connectivity index (χ3n) is 6.33. The van der Waals surface area contributed by atoms with Gasteiger partial charge in [0.1, 0.15) is 12.4 Å². The minimum absolute atomic E-state index is 0.162. The zero-order valence-corrected chi connectivity index (χ0v) is 17.4. The van der Waals surface area contributed by atoms with Gasteiger partial charge in [-0.15, -0.1) is 0 Å². The number of anilines is 1. The molecule has 10 nitrogen and oxygen atoms in total. The number of rotatable bonds is 5. The topological polar surface area (TPSA) is 118 Å². The van der Waals surface area contributed by atoms with Crippen LogP contribution in [0.2, 0.25) is 0 Å². The zero-order valence-electron chi connectivity index (χ0n) is 17.4. The van der Waals surface area contributed by atoms with Gasteiger partial charge in [0.05, 0.1) is 24.2 Å². The summed E-state index contributed by atoms with van der Waals surface area (Å²) in [5.41, 5.74) is 2.04. The van der Waals surface area contributed by atoms with Crippen molar-refractivity contribution in [3.05, 3.63) is 11.3 Å². The maximum absolute atomic E-state index is 11.5. The number of likely N-dealkylation sites (tertiary alicyclic amines) is 1. The average molecular weight is 415 g/mol. The Bertz CT molecular complexity index is 827. The van der Waals surface area contributed by atoms with E-state index in [9.17, 15) is 9.90 Å². The number of piperazine rings is 1. The van der Waals surface area contributed by atoms with E-state index in [1.54, 1.807) is 0 Å². The maximum atomic E-state index is 11.5. The Balaban J connectivity index is 1.56. The lowest BCUT2D eigenvalue weighted by atomic mass is 10.0. The summed E-state index contributed by atoms with van der Waals surface area (Å²) in [5, 5.41) is 22.0. The van der Waals surface area contributed by atoms with Crippen LogP contribution in [-0.4, -0.2) is 89.4 Å². The highest BCUT2D eigenvalue weighted by atomic mass is 16.5. The SMILES string of the molecule is CN1CCC[C@H]1COc1nc2c(c(N3CCN(C(=O)O)[C@H](CC#N)C3)n1)CCNC2. The number of fused-ring (bicyclic) bond motifs is 1. The largest absolute Gasteiger partial charge is 0.465 e. The Morgan fingerprint density at radius 2 is 2.20 bits per heavy atom. The molecule has 1 aromatic heterocycles. The van der Waals surface area contributed by atoms with Crippen LogP contribution in [0.15, 0.2) is 0 Å². The monoisotopic (exact) mass is 415 g/mol. The van der Waals surface area contributed by atoms with Crippen molar-refractivity contribution in [3.63, 3.8) is 0 Å². The second kappa shape index (κ2) is 9.02. The Morgan fingerprint density at radius 1 is 1.33 bits per heavy atom. The molecule has 30 heavy (non-hydrogen) atoms. The minimum Gasteiger partial charge on any atom is -0.465 e. The van der Waals surface area contributed by atoms with Gasteiger partial charge in [0.15, 0.2) is 0 Å². The van der Waals surface area contributed by atoms with E-state index in [-0.39, 0.29) is 12.5 Å². The highest BCUT2D eigenvalue weighted by Crippen LogP contribution is 2.29. The number of hydrogen-bond donors (Lipinski definition) is 2. The number of nitrogens with zero attached hydrogens (tertiary/aromatic N) is 6. The molecule has 10 heteroatoms. The highest BCUT2D eigenvalue weighted by molar-refractivity contribution is 5.66. The van der Waals surface area contributed by atoms with E-state index in [0.29, 0.717) is 44.8 Å². The molecule has 0 saturated carbocycles. The Hall–Kier alpha value is -2.64. The molecule has 3 aliphatic rings. The third kappa shape index (κ3) is 4.27. The first kappa shape index (κ1) is 20.6. The van der Waals surface area contributed by atoms with Crippen LogP contribution in [0.25, 0.3) is 0 Å². The van der Waals surface area contributed by atoms with Gasteiger partial charge < -0.3 is 29.9 Å². The highest BCUT2D eigenvalue weighted by Gasteiger charge is 2.33. The summed E-state index contributed by atoms with van der Waals surface area (Å²) in [4.78, 5) is 26.7. The van der Waals surface area contributed by atoms with Crippen molar-refractivity contribution in [2.24, 2.45) is 0 Å². The molecule has 0 aromatic carbocycles. The summed E-state index contributed by atoms with van der Waals surface area (Å²) >= 11 is 0. The molecule has 2 saturated heterocycles. The first-order valence-corrected chi connectivity index (χ1v) is 10.6. The molecule has 2 N–H and O–H groups in total. The van der Waals surface area contributed by atoms with Crippen LogP contribution < -0.4 is 15.0 Å². The molecule has 162 valence electrons. The lowest BCUT2D eigenvalue weighted by molar-refractivity contribution is 0.119. The molecule has 2 atom stereocenters. The molecular formula is C20H29N7O3. The van der Waals surface area contributed by atoms with Crippen LogP contribution in [0.1, 0.15) is 30.5 Å². The zero-order chi connectivity index (χ0) is 21.1. The molecule has 4 heterocycles. The summed E-state index contributed by atoms with van der Waals surface area (Å²) in [6.45, 7) is 4.50. The molecule has 1 amide bonds. The fourth-order valence-electron chi connectivity index (χ4n) is 4.58. The molecule has 4 rings (SSSR count).